The fourth-order valence-corrected chi connectivity index (χ4v) is 4.06. The summed E-state index contributed by atoms with van der Waals surface area (Å²) in [5, 5.41) is 12.3. The fourth-order valence-electron chi connectivity index (χ4n) is 4.06. The Hall–Kier alpha value is -0.950. The van der Waals surface area contributed by atoms with E-state index in [1.54, 1.807) is 0 Å². The number of aliphatic hydroxyl groups excluding tert-OH is 1. The van der Waals surface area contributed by atoms with Crippen LogP contribution in [0.3, 0.4) is 0 Å². The van der Waals surface area contributed by atoms with Crippen molar-refractivity contribution < 1.29 is 24.1 Å². The van der Waals surface area contributed by atoms with E-state index in [9.17, 15) is 9.90 Å². The maximum Gasteiger partial charge on any atom is 0.243 e. The first-order valence-corrected chi connectivity index (χ1v) is 9.15. The molecule has 3 aliphatic rings. The monoisotopic (exact) mass is 339 g/mol. The molecule has 0 spiro atoms. The highest BCUT2D eigenvalue weighted by Crippen LogP contribution is 2.36. The van der Waals surface area contributed by atoms with Gasteiger partial charge in [-0.15, -0.1) is 0 Å². The van der Waals surface area contributed by atoms with Crippen LogP contribution >= 0.6 is 0 Å². The lowest BCUT2D eigenvalue weighted by atomic mass is 9.90. The Morgan fingerprint density at radius 1 is 1.29 bits per heavy atom. The number of aliphatic hydroxyl groups is 1. The molecule has 2 N–H and O–H groups in total. The predicted octanol–water partition coefficient (Wildman–Crippen LogP) is 1.17. The summed E-state index contributed by atoms with van der Waals surface area (Å²) in [5.41, 5.74) is 0. The Bertz CT molecular complexity index is 437. The van der Waals surface area contributed by atoms with Crippen LogP contribution in [0.25, 0.3) is 0 Å². The Morgan fingerprint density at radius 2 is 2.08 bits per heavy atom. The van der Waals surface area contributed by atoms with Gasteiger partial charge in [0.15, 0.2) is 0 Å². The summed E-state index contributed by atoms with van der Waals surface area (Å²) >= 11 is 0. The number of hydrogen-bond acceptors (Lipinski definition) is 5. The molecule has 0 radical (unpaired) electrons. The summed E-state index contributed by atoms with van der Waals surface area (Å²) in [4.78, 5) is 11.3. The van der Waals surface area contributed by atoms with Gasteiger partial charge in [0.25, 0.3) is 0 Å². The van der Waals surface area contributed by atoms with Gasteiger partial charge in [0.05, 0.1) is 25.4 Å². The zero-order valence-electron chi connectivity index (χ0n) is 14.2. The van der Waals surface area contributed by atoms with E-state index in [-0.39, 0.29) is 43.0 Å². The molecule has 0 aromatic heterocycles. The number of nitrogens with one attached hydrogen (secondary N) is 1. The van der Waals surface area contributed by atoms with Crippen molar-refractivity contribution in [3.63, 3.8) is 0 Å². The summed E-state index contributed by atoms with van der Waals surface area (Å²) in [6.45, 7) is 4.55. The van der Waals surface area contributed by atoms with E-state index in [0.29, 0.717) is 18.9 Å². The molecule has 6 nitrogen and oxygen atoms in total. The second-order valence-corrected chi connectivity index (χ2v) is 7.11. The third kappa shape index (κ3) is 4.17. The number of fused-ring (bicyclic) bond motifs is 1. The molecule has 1 saturated carbocycles. The van der Waals surface area contributed by atoms with E-state index in [4.69, 9.17) is 14.2 Å². The van der Waals surface area contributed by atoms with Crippen molar-refractivity contribution in [3.05, 3.63) is 12.7 Å². The first kappa shape index (κ1) is 17.9. The van der Waals surface area contributed by atoms with Gasteiger partial charge in [0, 0.05) is 13.0 Å². The summed E-state index contributed by atoms with van der Waals surface area (Å²) in [6.07, 6.45) is 7.48. The van der Waals surface area contributed by atoms with Crippen LogP contribution in [0.15, 0.2) is 12.7 Å². The Morgan fingerprint density at radius 3 is 2.79 bits per heavy atom. The average Bonchev–Trinajstić information content (AvgIpc) is 3.15. The minimum atomic E-state index is -0.313. The van der Waals surface area contributed by atoms with Crippen LogP contribution in [0.4, 0.5) is 0 Å². The lowest BCUT2D eigenvalue weighted by Crippen LogP contribution is -2.39. The Labute approximate surface area is 143 Å². The maximum atomic E-state index is 11.3. The molecule has 0 aromatic carbocycles. The van der Waals surface area contributed by atoms with E-state index in [0.717, 1.165) is 6.61 Å². The lowest BCUT2D eigenvalue weighted by molar-refractivity contribution is -0.118. The van der Waals surface area contributed by atoms with E-state index in [1.165, 1.54) is 38.2 Å². The van der Waals surface area contributed by atoms with Gasteiger partial charge in [-0.1, -0.05) is 25.8 Å². The smallest absolute Gasteiger partial charge is 0.243 e. The molecule has 3 rings (SSSR count). The summed E-state index contributed by atoms with van der Waals surface area (Å²) in [5.74, 6) is 0.413. The van der Waals surface area contributed by atoms with Crippen LogP contribution in [0.5, 0.6) is 0 Å². The predicted molar refractivity (Wildman–Crippen MR) is 88.5 cm³/mol. The van der Waals surface area contributed by atoms with Gasteiger partial charge >= 0.3 is 0 Å². The van der Waals surface area contributed by atoms with Crippen molar-refractivity contribution >= 4 is 5.91 Å². The van der Waals surface area contributed by atoms with Crippen LogP contribution in [0, 0.1) is 5.92 Å². The molecular formula is C18H29NO5. The van der Waals surface area contributed by atoms with Gasteiger partial charge in [0.1, 0.15) is 18.3 Å². The first-order valence-electron chi connectivity index (χ1n) is 9.15. The van der Waals surface area contributed by atoms with E-state index in [1.807, 2.05) is 0 Å². The van der Waals surface area contributed by atoms with Crippen molar-refractivity contribution in [2.24, 2.45) is 5.92 Å². The lowest BCUT2D eigenvalue weighted by Gasteiger charge is -2.27. The quantitative estimate of drug-likeness (QED) is 0.681. The van der Waals surface area contributed by atoms with Crippen molar-refractivity contribution in [2.75, 3.05) is 19.8 Å². The molecule has 24 heavy (non-hydrogen) atoms. The molecule has 136 valence electrons. The van der Waals surface area contributed by atoms with Crippen LogP contribution in [-0.4, -0.2) is 61.3 Å². The molecule has 6 heteroatoms. The van der Waals surface area contributed by atoms with Crippen molar-refractivity contribution in [1.29, 1.82) is 0 Å². The van der Waals surface area contributed by atoms with Gasteiger partial charge in [-0.2, -0.15) is 0 Å². The van der Waals surface area contributed by atoms with E-state index < -0.39 is 0 Å². The van der Waals surface area contributed by atoms with Crippen molar-refractivity contribution in [1.82, 2.24) is 5.32 Å². The van der Waals surface area contributed by atoms with Gasteiger partial charge in [0.2, 0.25) is 5.91 Å². The molecular weight excluding hydrogens is 310 g/mol. The number of rotatable bonds is 7. The average molecular weight is 339 g/mol. The van der Waals surface area contributed by atoms with Gasteiger partial charge in [-0.25, -0.2) is 0 Å². The maximum absolute atomic E-state index is 11.3. The van der Waals surface area contributed by atoms with Gasteiger partial charge in [-0.3, -0.25) is 4.79 Å². The molecule has 2 heterocycles. The molecule has 0 unspecified atom stereocenters. The Balaban J connectivity index is 1.50. The largest absolute Gasteiger partial charge is 0.394 e. The zero-order valence-corrected chi connectivity index (χ0v) is 14.2. The number of carbonyl (C=O) groups is 1. The number of amides is 1. The molecule has 5 atom stereocenters. The third-order valence-electron chi connectivity index (χ3n) is 5.37. The topological polar surface area (TPSA) is 77.0 Å². The van der Waals surface area contributed by atoms with Crippen LogP contribution < -0.4 is 5.32 Å². The minimum Gasteiger partial charge on any atom is -0.394 e. The molecule has 3 fully saturated rings. The molecule has 2 saturated heterocycles. The third-order valence-corrected chi connectivity index (χ3v) is 5.37. The normalized spacial score (nSPS) is 36.5. The molecule has 1 amide bonds. The standard InChI is InChI=1S/C18H29NO5/c1-2-16(21)19-9-13-8-14-18(23-13)17(15(10-20)24-14)22-11-12-6-4-3-5-7-12/h2,12-15,17-18,20H,1,3-11H2,(H,19,21)/t13-,14-,15+,17+,18+/m0/s1. The summed E-state index contributed by atoms with van der Waals surface area (Å²) in [7, 11) is 0. The number of hydrogen-bond donors (Lipinski definition) is 2. The van der Waals surface area contributed by atoms with E-state index >= 15 is 0 Å². The highest BCUT2D eigenvalue weighted by atomic mass is 16.6. The SMILES string of the molecule is C=CC(=O)NC[C@@H]1C[C@@H]2O[C@H](CO)[C@@H](OCC3CCCCC3)[C@@H]2O1. The zero-order chi connectivity index (χ0) is 16.9. The highest BCUT2D eigenvalue weighted by molar-refractivity contribution is 5.86. The highest BCUT2D eigenvalue weighted by Gasteiger charge is 2.51. The van der Waals surface area contributed by atoms with Crippen LogP contribution in [0.2, 0.25) is 0 Å². The fraction of sp³-hybridized carbons (Fsp3) is 0.833. The molecule has 1 aliphatic carbocycles. The number of ether oxygens (including phenoxy) is 3. The summed E-state index contributed by atoms with van der Waals surface area (Å²) < 4.78 is 18.1. The number of carbonyl (C=O) groups excluding carboxylic acids is 1. The second kappa shape index (κ2) is 8.43. The minimum absolute atomic E-state index is 0.0520. The van der Waals surface area contributed by atoms with Gasteiger partial charge < -0.3 is 24.6 Å². The van der Waals surface area contributed by atoms with Crippen molar-refractivity contribution in [3.8, 4) is 0 Å². The summed E-state index contributed by atoms with van der Waals surface area (Å²) in [6, 6.07) is 0. The van der Waals surface area contributed by atoms with Crippen LogP contribution in [-0.2, 0) is 19.0 Å². The van der Waals surface area contributed by atoms with E-state index in [2.05, 4.69) is 11.9 Å². The first-order chi connectivity index (χ1) is 11.7. The molecule has 0 bridgehead atoms. The molecule has 2 aliphatic heterocycles. The molecule has 0 aromatic rings. The second-order valence-electron chi connectivity index (χ2n) is 7.11. The van der Waals surface area contributed by atoms with Crippen LogP contribution in [0.1, 0.15) is 38.5 Å². The van der Waals surface area contributed by atoms with Crippen molar-refractivity contribution in [2.45, 2.75) is 69.0 Å². The van der Waals surface area contributed by atoms with Gasteiger partial charge in [-0.05, 0) is 24.8 Å². The Kier molecular flexibility index (Phi) is 6.27.